The summed E-state index contributed by atoms with van der Waals surface area (Å²) in [5, 5.41) is 4.82. The molecule has 7 nitrogen and oxygen atoms in total. The standard InChI is InChI=1S/C20H18F2N6O/c1-26-11-23-14-5-4-12(9-13(14)20(26)29)19-18(24-17-3-2-7-28(17)19)15-6-8-27(25-15)10-16(21)22/h4-6,8-9,11,16H,2-3,7,10H2,1H3. The number of nitrogens with zero attached hydrogens (tertiary/aromatic N) is 6. The van der Waals surface area contributed by atoms with Crippen molar-refractivity contribution in [1.29, 1.82) is 0 Å². The van der Waals surface area contributed by atoms with Gasteiger partial charge in [0.15, 0.2) is 0 Å². The van der Waals surface area contributed by atoms with Crippen LogP contribution in [0.15, 0.2) is 41.6 Å². The maximum Gasteiger partial charge on any atom is 0.260 e. The second-order valence-electron chi connectivity index (χ2n) is 7.19. The molecule has 1 aromatic carbocycles. The molecule has 0 spiro atoms. The van der Waals surface area contributed by atoms with Gasteiger partial charge in [-0.15, -0.1) is 0 Å². The molecule has 0 atom stereocenters. The second-order valence-corrected chi connectivity index (χ2v) is 7.19. The Morgan fingerprint density at radius 3 is 2.93 bits per heavy atom. The zero-order valence-electron chi connectivity index (χ0n) is 15.7. The Balaban J connectivity index is 1.69. The third-order valence-corrected chi connectivity index (χ3v) is 5.23. The summed E-state index contributed by atoms with van der Waals surface area (Å²) in [5.74, 6) is 0.942. The minimum Gasteiger partial charge on any atom is -0.327 e. The highest BCUT2D eigenvalue weighted by atomic mass is 19.3. The smallest absolute Gasteiger partial charge is 0.260 e. The lowest BCUT2D eigenvalue weighted by Crippen LogP contribution is -2.16. The van der Waals surface area contributed by atoms with E-state index in [2.05, 4.69) is 14.6 Å². The Morgan fingerprint density at radius 1 is 1.24 bits per heavy atom. The number of hydrogen-bond acceptors (Lipinski definition) is 4. The molecule has 0 saturated carbocycles. The van der Waals surface area contributed by atoms with Crippen molar-refractivity contribution >= 4 is 10.9 Å². The average Bonchev–Trinajstić information content (AvgIpc) is 3.39. The SMILES string of the molecule is Cn1cnc2ccc(-c3c(-c4ccn(CC(F)F)n4)nc4n3CCC4)cc2c1=O. The van der Waals surface area contributed by atoms with Gasteiger partial charge >= 0.3 is 0 Å². The third-order valence-electron chi connectivity index (χ3n) is 5.23. The maximum absolute atomic E-state index is 12.7. The predicted molar refractivity (Wildman–Crippen MR) is 104 cm³/mol. The van der Waals surface area contributed by atoms with Gasteiger partial charge in [0.05, 0.1) is 22.9 Å². The van der Waals surface area contributed by atoms with Crippen LogP contribution in [0.1, 0.15) is 12.2 Å². The molecule has 0 fully saturated rings. The molecular formula is C20H18F2N6O. The van der Waals surface area contributed by atoms with E-state index in [4.69, 9.17) is 4.98 Å². The summed E-state index contributed by atoms with van der Waals surface area (Å²) in [6.07, 6.45) is 2.41. The fourth-order valence-electron chi connectivity index (χ4n) is 3.89. The van der Waals surface area contributed by atoms with E-state index in [1.165, 1.54) is 21.8 Å². The molecule has 29 heavy (non-hydrogen) atoms. The molecule has 9 heteroatoms. The molecular weight excluding hydrogens is 378 g/mol. The van der Waals surface area contributed by atoms with Gasteiger partial charge in [-0.2, -0.15) is 5.10 Å². The van der Waals surface area contributed by atoms with Gasteiger partial charge in [0, 0.05) is 31.8 Å². The molecule has 5 rings (SSSR count). The molecule has 1 aliphatic heterocycles. The van der Waals surface area contributed by atoms with Gasteiger partial charge in [-0.1, -0.05) is 6.07 Å². The summed E-state index contributed by atoms with van der Waals surface area (Å²) in [4.78, 5) is 21.6. The number of fused-ring (bicyclic) bond motifs is 2. The number of benzene rings is 1. The van der Waals surface area contributed by atoms with Gasteiger partial charge < -0.3 is 9.13 Å². The fourth-order valence-corrected chi connectivity index (χ4v) is 3.89. The minimum atomic E-state index is -2.47. The highest BCUT2D eigenvalue weighted by Crippen LogP contribution is 2.35. The molecule has 148 valence electrons. The van der Waals surface area contributed by atoms with E-state index in [1.54, 1.807) is 13.1 Å². The van der Waals surface area contributed by atoms with Crippen molar-refractivity contribution in [3.05, 3.63) is 53.0 Å². The van der Waals surface area contributed by atoms with Gasteiger partial charge in [-0.3, -0.25) is 9.48 Å². The first-order valence-corrected chi connectivity index (χ1v) is 9.38. The number of halogens is 2. The van der Waals surface area contributed by atoms with E-state index in [1.807, 2.05) is 18.2 Å². The number of imidazole rings is 1. The maximum atomic E-state index is 12.7. The first kappa shape index (κ1) is 17.7. The summed E-state index contributed by atoms with van der Waals surface area (Å²) in [5.41, 5.74) is 3.38. The molecule has 0 amide bonds. The van der Waals surface area contributed by atoms with Crippen molar-refractivity contribution in [3.8, 4) is 22.6 Å². The summed E-state index contributed by atoms with van der Waals surface area (Å²) in [6, 6.07) is 7.26. The molecule has 0 aliphatic carbocycles. The topological polar surface area (TPSA) is 70.5 Å². The van der Waals surface area contributed by atoms with E-state index in [0.29, 0.717) is 22.3 Å². The van der Waals surface area contributed by atoms with Crippen LogP contribution in [0, 0.1) is 0 Å². The van der Waals surface area contributed by atoms with Crippen LogP contribution in [0.5, 0.6) is 0 Å². The van der Waals surface area contributed by atoms with Crippen molar-refractivity contribution in [2.24, 2.45) is 7.05 Å². The van der Waals surface area contributed by atoms with Crippen LogP contribution < -0.4 is 5.56 Å². The molecule has 0 radical (unpaired) electrons. The third kappa shape index (κ3) is 2.93. The lowest BCUT2D eigenvalue weighted by atomic mass is 10.1. The Labute approximate surface area is 164 Å². The van der Waals surface area contributed by atoms with Crippen LogP contribution in [-0.2, 0) is 26.6 Å². The van der Waals surface area contributed by atoms with E-state index in [9.17, 15) is 13.6 Å². The summed E-state index contributed by atoms with van der Waals surface area (Å²) in [7, 11) is 1.67. The Morgan fingerprint density at radius 2 is 2.10 bits per heavy atom. The molecule has 3 aromatic heterocycles. The van der Waals surface area contributed by atoms with Crippen LogP contribution in [0.3, 0.4) is 0 Å². The number of rotatable bonds is 4. The monoisotopic (exact) mass is 396 g/mol. The zero-order chi connectivity index (χ0) is 20.1. The van der Waals surface area contributed by atoms with E-state index < -0.39 is 13.0 Å². The molecule has 4 heterocycles. The zero-order valence-corrected chi connectivity index (χ0v) is 15.7. The highest BCUT2D eigenvalue weighted by Gasteiger charge is 2.25. The summed E-state index contributed by atoms with van der Waals surface area (Å²) in [6.45, 7) is 0.360. The number of aryl methyl sites for hydroxylation is 2. The molecule has 0 unspecified atom stereocenters. The minimum absolute atomic E-state index is 0.124. The normalized spacial score (nSPS) is 13.5. The summed E-state index contributed by atoms with van der Waals surface area (Å²) < 4.78 is 30.2. The van der Waals surface area contributed by atoms with Crippen molar-refractivity contribution in [1.82, 2.24) is 28.9 Å². The quantitative estimate of drug-likeness (QED) is 0.532. The Kier molecular flexibility index (Phi) is 4.04. The van der Waals surface area contributed by atoms with E-state index >= 15 is 0 Å². The van der Waals surface area contributed by atoms with Crippen molar-refractivity contribution < 1.29 is 8.78 Å². The Bertz CT molecular complexity index is 1290. The van der Waals surface area contributed by atoms with Crippen LogP contribution >= 0.6 is 0 Å². The lowest BCUT2D eigenvalue weighted by molar-refractivity contribution is 0.122. The first-order valence-electron chi connectivity index (χ1n) is 9.38. The lowest BCUT2D eigenvalue weighted by Gasteiger charge is -2.09. The van der Waals surface area contributed by atoms with Crippen LogP contribution in [0.4, 0.5) is 8.78 Å². The molecule has 0 bridgehead atoms. The van der Waals surface area contributed by atoms with Gasteiger partial charge in [-0.25, -0.2) is 18.7 Å². The van der Waals surface area contributed by atoms with Crippen molar-refractivity contribution in [3.63, 3.8) is 0 Å². The second kappa shape index (κ2) is 6.61. The molecule has 1 aliphatic rings. The van der Waals surface area contributed by atoms with Crippen LogP contribution in [0.25, 0.3) is 33.5 Å². The average molecular weight is 396 g/mol. The number of aromatic nitrogens is 6. The van der Waals surface area contributed by atoms with Gasteiger partial charge in [0.25, 0.3) is 12.0 Å². The van der Waals surface area contributed by atoms with Gasteiger partial charge in [-0.05, 0) is 24.6 Å². The molecule has 4 aromatic rings. The number of alkyl halides is 2. The van der Waals surface area contributed by atoms with E-state index in [0.717, 1.165) is 36.5 Å². The van der Waals surface area contributed by atoms with Crippen molar-refractivity contribution in [2.75, 3.05) is 0 Å². The van der Waals surface area contributed by atoms with Gasteiger partial charge in [0.2, 0.25) is 0 Å². The van der Waals surface area contributed by atoms with Crippen LogP contribution in [0.2, 0.25) is 0 Å². The highest BCUT2D eigenvalue weighted by molar-refractivity contribution is 5.86. The summed E-state index contributed by atoms with van der Waals surface area (Å²) >= 11 is 0. The Hall–Kier alpha value is -3.36. The molecule has 0 N–H and O–H groups in total. The number of hydrogen-bond donors (Lipinski definition) is 0. The van der Waals surface area contributed by atoms with Gasteiger partial charge in [0.1, 0.15) is 23.8 Å². The first-order chi connectivity index (χ1) is 14.0. The molecule has 0 saturated heterocycles. The van der Waals surface area contributed by atoms with E-state index in [-0.39, 0.29) is 5.56 Å². The van der Waals surface area contributed by atoms with Crippen molar-refractivity contribution in [2.45, 2.75) is 32.4 Å². The largest absolute Gasteiger partial charge is 0.327 e. The van der Waals surface area contributed by atoms with Crippen LogP contribution in [-0.4, -0.2) is 35.3 Å². The fraction of sp³-hybridized carbons (Fsp3) is 0.300. The predicted octanol–water partition coefficient (Wildman–Crippen LogP) is 2.87.